The van der Waals surface area contributed by atoms with Gasteiger partial charge in [-0.25, -0.2) is 0 Å². The van der Waals surface area contributed by atoms with Gasteiger partial charge in [-0.2, -0.15) is 11.8 Å². The quantitative estimate of drug-likeness (QED) is 0.702. The van der Waals surface area contributed by atoms with Crippen molar-refractivity contribution in [2.75, 3.05) is 23.8 Å². The van der Waals surface area contributed by atoms with E-state index in [1.807, 2.05) is 53.5 Å². The summed E-state index contributed by atoms with van der Waals surface area (Å²) in [6.07, 6.45) is 0. The van der Waals surface area contributed by atoms with E-state index in [4.69, 9.17) is 0 Å². The Morgan fingerprint density at radius 3 is 2.46 bits per heavy atom. The molecule has 1 amide bonds. The predicted octanol–water partition coefficient (Wildman–Crippen LogP) is 4.83. The Balaban J connectivity index is 1.38. The maximum atomic E-state index is 12.2. The van der Waals surface area contributed by atoms with E-state index in [0.29, 0.717) is 11.1 Å². The first kappa shape index (κ1) is 17.8. The summed E-state index contributed by atoms with van der Waals surface area (Å²) >= 11 is 5.82. The minimum absolute atomic E-state index is 0.0218. The summed E-state index contributed by atoms with van der Waals surface area (Å²) in [4.78, 5) is 12.2. The van der Waals surface area contributed by atoms with Crippen LogP contribution < -0.4 is 5.32 Å². The molecular formula is C19H21NOS3. The second-order valence-corrected chi connectivity index (χ2v) is 9.32. The molecule has 0 atom stereocenters. The number of nitrogens with one attached hydrogen (secondary N) is 1. The summed E-state index contributed by atoms with van der Waals surface area (Å²) in [5.41, 5.74) is 3.39. The van der Waals surface area contributed by atoms with Gasteiger partial charge in [-0.1, -0.05) is 42.5 Å². The smallest absolute Gasteiger partial charge is 0.251 e. The number of benzene rings is 2. The van der Waals surface area contributed by atoms with E-state index in [2.05, 4.69) is 41.7 Å². The standard InChI is InChI=1S/C19H21NOS3/c21-18(20-10-11-22-14-15-4-2-1-3-5-15)16-6-8-17(9-7-16)19-23-12-13-24-19/h1-9,19H,10-14H2,(H,20,21). The maximum absolute atomic E-state index is 12.2. The highest BCUT2D eigenvalue weighted by atomic mass is 32.2. The van der Waals surface area contributed by atoms with Crippen molar-refractivity contribution < 1.29 is 4.79 Å². The molecule has 5 heteroatoms. The van der Waals surface area contributed by atoms with E-state index in [1.54, 1.807) is 0 Å². The van der Waals surface area contributed by atoms with E-state index >= 15 is 0 Å². The first-order valence-corrected chi connectivity index (χ1v) is 11.3. The van der Waals surface area contributed by atoms with Crippen LogP contribution in [0.25, 0.3) is 0 Å². The number of thioether (sulfide) groups is 3. The lowest BCUT2D eigenvalue weighted by atomic mass is 10.1. The first-order valence-electron chi connectivity index (χ1n) is 8.06. The van der Waals surface area contributed by atoms with Gasteiger partial charge in [0.05, 0.1) is 4.58 Å². The van der Waals surface area contributed by atoms with Crippen molar-refractivity contribution >= 4 is 41.2 Å². The molecule has 0 aliphatic carbocycles. The van der Waals surface area contributed by atoms with Gasteiger partial charge in [0.25, 0.3) is 5.91 Å². The van der Waals surface area contributed by atoms with Crippen LogP contribution in [0.3, 0.4) is 0 Å². The van der Waals surface area contributed by atoms with E-state index < -0.39 is 0 Å². The highest BCUT2D eigenvalue weighted by Gasteiger charge is 2.18. The predicted molar refractivity (Wildman–Crippen MR) is 109 cm³/mol. The molecule has 1 saturated heterocycles. The van der Waals surface area contributed by atoms with Crippen LogP contribution in [0.5, 0.6) is 0 Å². The minimum atomic E-state index is 0.0218. The molecule has 1 aliphatic rings. The molecule has 0 radical (unpaired) electrons. The Labute approximate surface area is 156 Å². The second kappa shape index (κ2) is 9.44. The summed E-state index contributed by atoms with van der Waals surface area (Å²) in [7, 11) is 0. The third-order valence-electron chi connectivity index (χ3n) is 3.71. The average molecular weight is 376 g/mol. The Bertz CT molecular complexity index is 639. The zero-order chi connectivity index (χ0) is 16.6. The van der Waals surface area contributed by atoms with Crippen molar-refractivity contribution in [1.29, 1.82) is 0 Å². The molecule has 1 heterocycles. The molecule has 1 aliphatic heterocycles. The highest BCUT2D eigenvalue weighted by Crippen LogP contribution is 2.45. The molecule has 2 nitrogen and oxygen atoms in total. The lowest BCUT2D eigenvalue weighted by Crippen LogP contribution is -2.25. The van der Waals surface area contributed by atoms with Gasteiger partial charge < -0.3 is 5.32 Å². The number of rotatable bonds is 7. The molecule has 0 saturated carbocycles. The van der Waals surface area contributed by atoms with Gasteiger partial charge in [-0.05, 0) is 23.3 Å². The van der Waals surface area contributed by atoms with Crippen LogP contribution in [0.1, 0.15) is 26.1 Å². The molecular weight excluding hydrogens is 354 g/mol. The van der Waals surface area contributed by atoms with Gasteiger partial charge in [0.1, 0.15) is 0 Å². The fraction of sp³-hybridized carbons (Fsp3) is 0.316. The zero-order valence-corrected chi connectivity index (χ0v) is 15.9. The molecule has 2 aromatic rings. The van der Waals surface area contributed by atoms with Gasteiger partial charge in [-0.3, -0.25) is 4.79 Å². The molecule has 3 rings (SSSR count). The molecule has 126 valence electrons. The van der Waals surface area contributed by atoms with Crippen LogP contribution in [0.4, 0.5) is 0 Å². The number of hydrogen-bond acceptors (Lipinski definition) is 4. The fourth-order valence-corrected chi connectivity index (χ4v) is 6.12. The molecule has 0 unspecified atom stereocenters. The number of carbonyl (C=O) groups excluding carboxylic acids is 1. The minimum Gasteiger partial charge on any atom is -0.351 e. The summed E-state index contributed by atoms with van der Waals surface area (Å²) in [5.74, 6) is 4.38. The molecule has 0 bridgehead atoms. The second-order valence-electron chi connectivity index (χ2n) is 5.49. The highest BCUT2D eigenvalue weighted by molar-refractivity contribution is 8.19. The Morgan fingerprint density at radius 1 is 1.04 bits per heavy atom. The van der Waals surface area contributed by atoms with E-state index in [9.17, 15) is 4.79 Å². The topological polar surface area (TPSA) is 29.1 Å². The number of carbonyl (C=O) groups is 1. The lowest BCUT2D eigenvalue weighted by Gasteiger charge is -2.09. The summed E-state index contributed by atoms with van der Waals surface area (Å²) in [6.45, 7) is 0.701. The van der Waals surface area contributed by atoms with Crippen molar-refractivity contribution in [3.8, 4) is 0 Å². The van der Waals surface area contributed by atoms with Gasteiger partial charge in [0, 0.05) is 35.1 Å². The van der Waals surface area contributed by atoms with E-state index in [1.165, 1.54) is 22.6 Å². The maximum Gasteiger partial charge on any atom is 0.251 e. The molecule has 0 aromatic heterocycles. The summed E-state index contributed by atoms with van der Waals surface area (Å²) < 4.78 is 0.538. The molecule has 0 spiro atoms. The van der Waals surface area contributed by atoms with Crippen LogP contribution in [0.15, 0.2) is 54.6 Å². The monoisotopic (exact) mass is 375 g/mol. The van der Waals surface area contributed by atoms with Gasteiger partial charge >= 0.3 is 0 Å². The van der Waals surface area contributed by atoms with E-state index in [0.717, 1.165) is 17.1 Å². The largest absolute Gasteiger partial charge is 0.351 e. The van der Waals surface area contributed by atoms with Crippen LogP contribution in [0.2, 0.25) is 0 Å². The van der Waals surface area contributed by atoms with Gasteiger partial charge in [0.2, 0.25) is 0 Å². The molecule has 1 N–H and O–H groups in total. The number of hydrogen-bond donors (Lipinski definition) is 1. The SMILES string of the molecule is O=C(NCCSCc1ccccc1)c1ccc(C2SCCS2)cc1. The lowest BCUT2D eigenvalue weighted by molar-refractivity contribution is 0.0956. The third-order valence-corrected chi connectivity index (χ3v) is 7.84. The Kier molecular flexibility index (Phi) is 6.99. The van der Waals surface area contributed by atoms with Gasteiger partial charge in [-0.15, -0.1) is 23.5 Å². The van der Waals surface area contributed by atoms with Crippen LogP contribution >= 0.6 is 35.3 Å². The van der Waals surface area contributed by atoms with E-state index in [-0.39, 0.29) is 5.91 Å². The fourth-order valence-electron chi connectivity index (χ4n) is 2.45. The van der Waals surface area contributed by atoms with Crippen molar-refractivity contribution in [2.24, 2.45) is 0 Å². The Morgan fingerprint density at radius 2 is 1.75 bits per heavy atom. The molecule has 1 fully saturated rings. The molecule has 2 aromatic carbocycles. The zero-order valence-electron chi connectivity index (χ0n) is 13.4. The number of amides is 1. The van der Waals surface area contributed by atoms with Gasteiger partial charge in [0.15, 0.2) is 0 Å². The summed E-state index contributed by atoms with van der Waals surface area (Å²) in [5, 5.41) is 3.00. The first-order chi connectivity index (χ1) is 11.8. The van der Waals surface area contributed by atoms with Crippen LogP contribution in [-0.2, 0) is 5.75 Å². The Hall–Kier alpha value is -1.04. The average Bonchev–Trinajstić information content (AvgIpc) is 3.17. The van der Waals surface area contributed by atoms with Crippen LogP contribution in [0, 0.1) is 0 Å². The van der Waals surface area contributed by atoms with Crippen molar-refractivity contribution in [3.63, 3.8) is 0 Å². The molecule has 24 heavy (non-hydrogen) atoms. The summed E-state index contributed by atoms with van der Waals surface area (Å²) in [6, 6.07) is 18.5. The third kappa shape index (κ3) is 5.23. The van der Waals surface area contributed by atoms with Crippen molar-refractivity contribution in [1.82, 2.24) is 5.32 Å². The van der Waals surface area contributed by atoms with Crippen molar-refractivity contribution in [3.05, 3.63) is 71.3 Å². The normalized spacial score (nSPS) is 14.7. The van der Waals surface area contributed by atoms with Crippen LogP contribution in [-0.4, -0.2) is 29.7 Å². The van der Waals surface area contributed by atoms with Crippen molar-refractivity contribution in [2.45, 2.75) is 10.3 Å².